The first kappa shape index (κ1) is 21.4. The van der Waals surface area contributed by atoms with E-state index in [9.17, 15) is 19.8 Å². The molecule has 1 aromatic carbocycles. The Labute approximate surface area is 170 Å². The van der Waals surface area contributed by atoms with Crippen molar-refractivity contribution in [3.05, 3.63) is 29.8 Å². The second-order valence-electron chi connectivity index (χ2n) is 9.15. The summed E-state index contributed by atoms with van der Waals surface area (Å²) in [4.78, 5) is 27.0. The quantitative estimate of drug-likeness (QED) is 0.649. The second kappa shape index (κ2) is 7.18. The van der Waals surface area contributed by atoms with Crippen LogP contribution >= 0.6 is 0 Å². The van der Waals surface area contributed by atoms with Gasteiger partial charge >= 0.3 is 6.09 Å². The molecule has 8 nitrogen and oxygen atoms in total. The van der Waals surface area contributed by atoms with Crippen LogP contribution in [-0.2, 0) is 9.53 Å². The van der Waals surface area contributed by atoms with Gasteiger partial charge < -0.3 is 25.0 Å². The minimum atomic E-state index is -2.35. The van der Waals surface area contributed by atoms with Crippen LogP contribution in [0.2, 0.25) is 0 Å². The number of nitrogens with zero attached hydrogens (tertiary/aromatic N) is 1. The molecule has 2 heterocycles. The molecule has 160 valence electrons. The van der Waals surface area contributed by atoms with E-state index in [1.165, 1.54) is 4.90 Å². The third-order valence-corrected chi connectivity index (χ3v) is 5.35. The molecule has 29 heavy (non-hydrogen) atoms. The largest absolute Gasteiger partial charge is 0.482 e. The van der Waals surface area contributed by atoms with Crippen LogP contribution in [0.5, 0.6) is 5.75 Å². The minimum absolute atomic E-state index is 0.409. The number of carbonyl (C=O) groups excluding carboxylic acids is 2. The number of nitrogens with one attached hydrogen (secondary N) is 1. The SMILES string of the molecule is CC(C)(C)OC(=O)N1CCC[C@H]1C(=O)NC1c2ccccc2OC(C)(C)C1(O)O. The number of likely N-dealkylation sites (tertiary alicyclic amines) is 1. The van der Waals surface area contributed by atoms with Crippen LogP contribution in [0.15, 0.2) is 24.3 Å². The van der Waals surface area contributed by atoms with E-state index < -0.39 is 41.1 Å². The van der Waals surface area contributed by atoms with E-state index in [2.05, 4.69) is 5.32 Å². The molecule has 8 heteroatoms. The fourth-order valence-corrected chi connectivity index (χ4v) is 3.72. The molecule has 3 N–H and O–H groups in total. The number of para-hydroxylation sites is 1. The number of benzene rings is 1. The van der Waals surface area contributed by atoms with E-state index in [0.717, 1.165) is 0 Å². The maximum Gasteiger partial charge on any atom is 0.410 e. The van der Waals surface area contributed by atoms with Crippen LogP contribution in [0.1, 0.15) is 59.1 Å². The number of aliphatic hydroxyl groups is 2. The predicted molar refractivity (Wildman–Crippen MR) is 105 cm³/mol. The zero-order chi connectivity index (χ0) is 21.6. The van der Waals surface area contributed by atoms with Crippen LogP contribution in [0, 0.1) is 0 Å². The van der Waals surface area contributed by atoms with Gasteiger partial charge in [-0.2, -0.15) is 0 Å². The summed E-state index contributed by atoms with van der Waals surface area (Å²) in [6.07, 6.45) is 0.585. The molecule has 2 aliphatic rings. The first-order valence-corrected chi connectivity index (χ1v) is 9.86. The number of fused-ring (bicyclic) bond motifs is 1. The summed E-state index contributed by atoms with van der Waals surface area (Å²) >= 11 is 0. The lowest BCUT2D eigenvalue weighted by molar-refractivity contribution is -0.279. The Balaban J connectivity index is 1.84. The first-order valence-electron chi connectivity index (χ1n) is 9.86. The molecular weight excluding hydrogens is 376 g/mol. The van der Waals surface area contributed by atoms with Crippen molar-refractivity contribution in [3.63, 3.8) is 0 Å². The molecule has 0 radical (unpaired) electrons. The standard InChI is InChI=1S/C21H30N2O6/c1-19(2,3)29-18(25)23-12-8-10-14(23)17(24)22-16-13-9-6-7-11-15(13)28-20(4,5)21(16,26)27/h6-7,9,11,14,16,26-27H,8,10,12H2,1-5H3,(H,22,24)/t14-,16?/m0/s1. The van der Waals surface area contributed by atoms with Gasteiger partial charge in [0.2, 0.25) is 11.7 Å². The van der Waals surface area contributed by atoms with Crippen LogP contribution in [0.25, 0.3) is 0 Å². The maximum atomic E-state index is 13.1. The third-order valence-electron chi connectivity index (χ3n) is 5.35. The Kier molecular flexibility index (Phi) is 5.29. The monoisotopic (exact) mass is 406 g/mol. The highest BCUT2D eigenvalue weighted by Crippen LogP contribution is 2.45. The number of hydrogen-bond acceptors (Lipinski definition) is 6. The summed E-state index contributed by atoms with van der Waals surface area (Å²) < 4.78 is 11.2. The number of carbonyl (C=O) groups is 2. The van der Waals surface area contributed by atoms with Crippen LogP contribution in [0.3, 0.4) is 0 Å². The topological polar surface area (TPSA) is 108 Å². The zero-order valence-electron chi connectivity index (χ0n) is 17.6. The number of amides is 2. The van der Waals surface area contributed by atoms with Crippen LogP contribution in [0.4, 0.5) is 4.79 Å². The highest BCUT2D eigenvalue weighted by atomic mass is 16.6. The summed E-state index contributed by atoms with van der Waals surface area (Å²) in [7, 11) is 0. The Morgan fingerprint density at radius 3 is 2.55 bits per heavy atom. The number of ether oxygens (including phenoxy) is 2. The van der Waals surface area contributed by atoms with Gasteiger partial charge in [0.25, 0.3) is 0 Å². The van der Waals surface area contributed by atoms with E-state index in [4.69, 9.17) is 9.47 Å². The Hall–Kier alpha value is -2.32. The molecule has 3 rings (SSSR count). The normalized spacial score (nSPS) is 25.0. The van der Waals surface area contributed by atoms with E-state index in [1.807, 2.05) is 0 Å². The van der Waals surface area contributed by atoms with E-state index >= 15 is 0 Å². The van der Waals surface area contributed by atoms with Gasteiger partial charge in [-0.25, -0.2) is 4.79 Å². The fraction of sp³-hybridized carbons (Fsp3) is 0.619. The zero-order valence-corrected chi connectivity index (χ0v) is 17.6. The smallest absolute Gasteiger partial charge is 0.410 e. The van der Waals surface area contributed by atoms with Crippen molar-refractivity contribution in [2.45, 2.75) is 76.5 Å². The van der Waals surface area contributed by atoms with Gasteiger partial charge in [0, 0.05) is 12.1 Å². The van der Waals surface area contributed by atoms with Gasteiger partial charge in [-0.1, -0.05) is 18.2 Å². The Morgan fingerprint density at radius 1 is 1.24 bits per heavy atom. The van der Waals surface area contributed by atoms with Gasteiger partial charge in [-0.15, -0.1) is 0 Å². The van der Waals surface area contributed by atoms with Crippen molar-refractivity contribution in [3.8, 4) is 5.75 Å². The highest BCUT2D eigenvalue weighted by molar-refractivity contribution is 5.86. The van der Waals surface area contributed by atoms with Crippen molar-refractivity contribution < 1.29 is 29.3 Å². The molecule has 2 amide bonds. The predicted octanol–water partition coefficient (Wildman–Crippen LogP) is 2.10. The average Bonchev–Trinajstić information content (AvgIpc) is 3.07. The van der Waals surface area contributed by atoms with Crippen molar-refractivity contribution in [2.24, 2.45) is 0 Å². The van der Waals surface area contributed by atoms with Crippen molar-refractivity contribution in [2.75, 3.05) is 6.54 Å². The van der Waals surface area contributed by atoms with Gasteiger partial charge in [-0.05, 0) is 53.5 Å². The molecule has 1 fully saturated rings. The average molecular weight is 406 g/mol. The lowest BCUT2D eigenvalue weighted by atomic mass is 9.83. The van der Waals surface area contributed by atoms with E-state index in [1.54, 1.807) is 58.9 Å². The lowest BCUT2D eigenvalue weighted by Gasteiger charge is -2.48. The summed E-state index contributed by atoms with van der Waals surface area (Å²) in [5.41, 5.74) is -1.57. The molecular formula is C21H30N2O6. The summed E-state index contributed by atoms with van der Waals surface area (Å²) in [6, 6.07) is 5.05. The second-order valence-corrected chi connectivity index (χ2v) is 9.15. The molecule has 0 aromatic heterocycles. The fourth-order valence-electron chi connectivity index (χ4n) is 3.72. The molecule has 0 spiro atoms. The molecule has 2 aliphatic heterocycles. The molecule has 1 aromatic rings. The van der Waals surface area contributed by atoms with Gasteiger partial charge in [0.15, 0.2) is 5.60 Å². The van der Waals surface area contributed by atoms with Gasteiger partial charge in [0.1, 0.15) is 23.4 Å². The summed E-state index contributed by atoms with van der Waals surface area (Å²) in [6.45, 7) is 8.80. The molecule has 1 saturated heterocycles. The Bertz CT molecular complexity index is 799. The van der Waals surface area contributed by atoms with Crippen LogP contribution in [-0.4, -0.2) is 56.7 Å². The van der Waals surface area contributed by atoms with Crippen molar-refractivity contribution in [1.29, 1.82) is 0 Å². The van der Waals surface area contributed by atoms with Crippen LogP contribution < -0.4 is 10.1 Å². The van der Waals surface area contributed by atoms with Gasteiger partial charge in [0.05, 0.1) is 0 Å². The lowest BCUT2D eigenvalue weighted by Crippen LogP contribution is -2.64. The molecule has 2 atom stereocenters. The third kappa shape index (κ3) is 4.04. The van der Waals surface area contributed by atoms with Crippen molar-refractivity contribution in [1.82, 2.24) is 10.2 Å². The molecule has 0 aliphatic carbocycles. The summed E-state index contributed by atoms with van der Waals surface area (Å²) in [5.74, 6) is -2.35. The van der Waals surface area contributed by atoms with Gasteiger partial charge in [-0.3, -0.25) is 9.69 Å². The minimum Gasteiger partial charge on any atom is -0.482 e. The summed E-state index contributed by atoms with van der Waals surface area (Å²) in [5, 5.41) is 24.4. The van der Waals surface area contributed by atoms with E-state index in [0.29, 0.717) is 30.7 Å². The first-order chi connectivity index (χ1) is 13.3. The highest BCUT2D eigenvalue weighted by Gasteiger charge is 2.56. The maximum absolute atomic E-state index is 13.1. The molecule has 0 bridgehead atoms. The van der Waals surface area contributed by atoms with Crippen molar-refractivity contribution >= 4 is 12.0 Å². The molecule has 1 unspecified atom stereocenters. The Morgan fingerprint density at radius 2 is 1.90 bits per heavy atom. The number of hydrogen-bond donors (Lipinski definition) is 3. The van der Waals surface area contributed by atoms with E-state index in [-0.39, 0.29) is 0 Å². The molecule has 0 saturated carbocycles. The number of rotatable bonds is 2.